The van der Waals surface area contributed by atoms with Crippen molar-refractivity contribution in [3.05, 3.63) is 29.8 Å². The van der Waals surface area contributed by atoms with Gasteiger partial charge in [0.2, 0.25) is 0 Å². The van der Waals surface area contributed by atoms with Crippen LogP contribution < -0.4 is 5.32 Å². The van der Waals surface area contributed by atoms with E-state index in [2.05, 4.69) is 55.3 Å². The lowest BCUT2D eigenvalue weighted by atomic mass is 10.2. The van der Waals surface area contributed by atoms with Crippen molar-refractivity contribution in [1.29, 1.82) is 0 Å². The van der Waals surface area contributed by atoms with E-state index in [0.717, 1.165) is 38.5 Å². The van der Waals surface area contributed by atoms with Gasteiger partial charge in [-0.3, -0.25) is 4.90 Å². The SMILES string of the molecule is CCN1CCOC(CSc2ccc(CNC(C)C)cc2)C1. The molecule has 1 fully saturated rings. The van der Waals surface area contributed by atoms with Crippen LogP contribution in [0.3, 0.4) is 0 Å². The Morgan fingerprint density at radius 1 is 1.33 bits per heavy atom. The summed E-state index contributed by atoms with van der Waals surface area (Å²) in [5, 5.41) is 3.44. The van der Waals surface area contributed by atoms with E-state index in [-0.39, 0.29) is 0 Å². The Labute approximate surface area is 133 Å². The number of hydrogen-bond donors (Lipinski definition) is 1. The van der Waals surface area contributed by atoms with Crippen molar-refractivity contribution in [1.82, 2.24) is 10.2 Å². The van der Waals surface area contributed by atoms with Gasteiger partial charge in [-0.15, -0.1) is 11.8 Å². The molecule has 0 bridgehead atoms. The molecule has 1 heterocycles. The highest BCUT2D eigenvalue weighted by molar-refractivity contribution is 7.99. The molecule has 1 saturated heterocycles. The number of nitrogens with one attached hydrogen (secondary N) is 1. The first-order chi connectivity index (χ1) is 10.2. The average Bonchev–Trinajstić information content (AvgIpc) is 2.52. The number of ether oxygens (including phenoxy) is 1. The van der Waals surface area contributed by atoms with Gasteiger partial charge in [0.05, 0.1) is 12.7 Å². The van der Waals surface area contributed by atoms with Crippen molar-refractivity contribution >= 4 is 11.8 Å². The van der Waals surface area contributed by atoms with Gasteiger partial charge in [-0.1, -0.05) is 32.9 Å². The average molecular weight is 308 g/mol. The van der Waals surface area contributed by atoms with Crippen molar-refractivity contribution in [2.45, 2.75) is 44.4 Å². The molecule has 0 aromatic heterocycles. The van der Waals surface area contributed by atoms with Crippen LogP contribution in [0.1, 0.15) is 26.3 Å². The number of nitrogens with zero attached hydrogens (tertiary/aromatic N) is 1. The maximum absolute atomic E-state index is 5.85. The van der Waals surface area contributed by atoms with Gasteiger partial charge in [0.15, 0.2) is 0 Å². The summed E-state index contributed by atoms with van der Waals surface area (Å²) < 4.78 is 5.85. The summed E-state index contributed by atoms with van der Waals surface area (Å²) in [6, 6.07) is 9.42. The molecular weight excluding hydrogens is 280 g/mol. The van der Waals surface area contributed by atoms with Gasteiger partial charge in [0, 0.05) is 36.3 Å². The van der Waals surface area contributed by atoms with Gasteiger partial charge in [-0.25, -0.2) is 0 Å². The Balaban J connectivity index is 1.75. The summed E-state index contributed by atoms with van der Waals surface area (Å²) in [7, 11) is 0. The standard InChI is InChI=1S/C17H28N2OS/c1-4-19-9-10-20-16(12-19)13-21-17-7-5-15(6-8-17)11-18-14(2)3/h5-8,14,16,18H,4,9-13H2,1-3H3. The van der Waals surface area contributed by atoms with E-state index in [1.54, 1.807) is 0 Å². The fourth-order valence-electron chi connectivity index (χ4n) is 2.38. The van der Waals surface area contributed by atoms with Crippen LogP contribution in [-0.4, -0.2) is 49.0 Å². The third-order valence-corrected chi connectivity index (χ3v) is 4.89. The zero-order chi connectivity index (χ0) is 15.1. The molecule has 2 rings (SSSR count). The van der Waals surface area contributed by atoms with Crippen LogP contribution in [0, 0.1) is 0 Å². The van der Waals surface area contributed by atoms with Crippen LogP contribution in [0.25, 0.3) is 0 Å². The van der Waals surface area contributed by atoms with E-state index in [1.807, 2.05) is 11.8 Å². The highest BCUT2D eigenvalue weighted by Crippen LogP contribution is 2.21. The van der Waals surface area contributed by atoms with Crippen molar-refractivity contribution in [2.75, 3.05) is 32.0 Å². The van der Waals surface area contributed by atoms with E-state index in [9.17, 15) is 0 Å². The maximum Gasteiger partial charge on any atom is 0.0796 e. The Morgan fingerprint density at radius 3 is 2.76 bits per heavy atom. The molecule has 1 unspecified atom stereocenters. The number of thioether (sulfide) groups is 1. The van der Waals surface area contributed by atoms with Gasteiger partial charge in [-0.2, -0.15) is 0 Å². The molecule has 1 aliphatic heterocycles. The monoisotopic (exact) mass is 308 g/mol. The molecule has 4 heteroatoms. The lowest BCUT2D eigenvalue weighted by Gasteiger charge is -2.31. The first kappa shape index (κ1) is 16.8. The Hall–Kier alpha value is -0.550. The highest BCUT2D eigenvalue weighted by atomic mass is 32.2. The van der Waals surface area contributed by atoms with Crippen LogP contribution in [0.15, 0.2) is 29.2 Å². The Kier molecular flexibility index (Phi) is 7.04. The molecule has 1 aliphatic rings. The van der Waals surface area contributed by atoms with Crippen molar-refractivity contribution in [2.24, 2.45) is 0 Å². The van der Waals surface area contributed by atoms with Gasteiger partial charge >= 0.3 is 0 Å². The lowest BCUT2D eigenvalue weighted by Crippen LogP contribution is -2.43. The number of rotatable bonds is 7. The minimum atomic E-state index is 0.367. The van der Waals surface area contributed by atoms with E-state index >= 15 is 0 Å². The molecule has 21 heavy (non-hydrogen) atoms. The van der Waals surface area contributed by atoms with Crippen LogP contribution >= 0.6 is 11.8 Å². The number of benzene rings is 1. The minimum absolute atomic E-state index is 0.367. The number of likely N-dealkylation sites (N-methyl/N-ethyl adjacent to an activating group) is 1. The lowest BCUT2D eigenvalue weighted by molar-refractivity contribution is -0.0137. The smallest absolute Gasteiger partial charge is 0.0796 e. The second-order valence-corrected chi connectivity index (χ2v) is 6.97. The molecule has 1 atom stereocenters. The summed E-state index contributed by atoms with van der Waals surface area (Å²) in [6.07, 6.45) is 0.367. The first-order valence-electron chi connectivity index (χ1n) is 7.96. The summed E-state index contributed by atoms with van der Waals surface area (Å²) in [4.78, 5) is 3.80. The molecule has 1 aromatic carbocycles. The normalized spacial score (nSPS) is 20.1. The molecule has 3 nitrogen and oxygen atoms in total. The zero-order valence-electron chi connectivity index (χ0n) is 13.5. The van der Waals surface area contributed by atoms with E-state index in [1.165, 1.54) is 10.5 Å². The first-order valence-corrected chi connectivity index (χ1v) is 8.95. The highest BCUT2D eigenvalue weighted by Gasteiger charge is 2.19. The molecule has 0 saturated carbocycles. The molecule has 118 valence electrons. The third-order valence-electron chi connectivity index (χ3n) is 3.74. The second-order valence-electron chi connectivity index (χ2n) is 5.88. The van der Waals surface area contributed by atoms with Gasteiger partial charge in [0.25, 0.3) is 0 Å². The molecule has 0 spiro atoms. The largest absolute Gasteiger partial charge is 0.375 e. The molecule has 1 aromatic rings. The summed E-state index contributed by atoms with van der Waals surface area (Å²) in [5.41, 5.74) is 1.35. The fourth-order valence-corrected chi connectivity index (χ4v) is 3.29. The predicted molar refractivity (Wildman–Crippen MR) is 91.0 cm³/mol. The molecular formula is C17H28N2OS. The maximum atomic E-state index is 5.85. The summed E-state index contributed by atoms with van der Waals surface area (Å²) >= 11 is 1.90. The third kappa shape index (κ3) is 5.99. The molecule has 0 aliphatic carbocycles. The van der Waals surface area contributed by atoms with E-state index < -0.39 is 0 Å². The van der Waals surface area contributed by atoms with E-state index in [4.69, 9.17) is 4.74 Å². The predicted octanol–water partition coefficient (Wildman–Crippen LogP) is 3.00. The Morgan fingerprint density at radius 2 is 2.10 bits per heavy atom. The topological polar surface area (TPSA) is 24.5 Å². The Bertz CT molecular complexity index is 408. The van der Waals surface area contributed by atoms with Crippen molar-refractivity contribution in [3.8, 4) is 0 Å². The van der Waals surface area contributed by atoms with E-state index in [0.29, 0.717) is 12.1 Å². The number of hydrogen-bond acceptors (Lipinski definition) is 4. The van der Waals surface area contributed by atoms with Crippen LogP contribution in [0.4, 0.5) is 0 Å². The van der Waals surface area contributed by atoms with Crippen LogP contribution in [0.5, 0.6) is 0 Å². The molecule has 1 N–H and O–H groups in total. The van der Waals surface area contributed by atoms with Gasteiger partial charge < -0.3 is 10.1 Å². The molecule has 0 radical (unpaired) electrons. The van der Waals surface area contributed by atoms with Crippen LogP contribution in [-0.2, 0) is 11.3 Å². The summed E-state index contributed by atoms with van der Waals surface area (Å²) in [6.45, 7) is 11.7. The zero-order valence-corrected chi connectivity index (χ0v) is 14.3. The fraction of sp³-hybridized carbons (Fsp3) is 0.647. The number of morpholine rings is 1. The van der Waals surface area contributed by atoms with Gasteiger partial charge in [-0.05, 0) is 24.2 Å². The molecule has 0 amide bonds. The van der Waals surface area contributed by atoms with Crippen molar-refractivity contribution < 1.29 is 4.74 Å². The van der Waals surface area contributed by atoms with Crippen molar-refractivity contribution in [3.63, 3.8) is 0 Å². The second kappa shape index (κ2) is 8.79. The van der Waals surface area contributed by atoms with Crippen LogP contribution in [0.2, 0.25) is 0 Å². The van der Waals surface area contributed by atoms with Gasteiger partial charge in [0.1, 0.15) is 0 Å². The summed E-state index contributed by atoms with van der Waals surface area (Å²) in [5.74, 6) is 1.04. The minimum Gasteiger partial charge on any atom is -0.375 e. The quantitative estimate of drug-likeness (QED) is 0.783.